The third kappa shape index (κ3) is 2.58. The van der Waals surface area contributed by atoms with Crippen LogP contribution in [0.25, 0.3) is 0 Å². The largest absolute Gasteiger partial charge is 0.295 e. The number of aromatic amines is 1. The van der Waals surface area contributed by atoms with Crippen LogP contribution in [0.1, 0.15) is 5.56 Å². The Morgan fingerprint density at radius 3 is 2.94 bits per heavy atom. The van der Waals surface area contributed by atoms with Crippen molar-refractivity contribution in [2.75, 3.05) is 5.32 Å². The van der Waals surface area contributed by atoms with Gasteiger partial charge in [0.05, 0.1) is 6.42 Å². The highest BCUT2D eigenvalue weighted by Gasteiger charge is 2.07. The smallest absolute Gasteiger partial charge is 0.231 e. The molecular weight excluding hydrogens is 228 g/mol. The van der Waals surface area contributed by atoms with Crippen molar-refractivity contribution in [3.05, 3.63) is 41.2 Å². The van der Waals surface area contributed by atoms with Crippen LogP contribution >= 0.6 is 11.6 Å². The molecule has 1 aromatic heterocycles. The molecule has 0 saturated heterocycles. The van der Waals surface area contributed by atoms with Crippen molar-refractivity contribution in [2.45, 2.75) is 6.42 Å². The van der Waals surface area contributed by atoms with Crippen LogP contribution in [0.5, 0.6) is 0 Å². The molecule has 0 aliphatic rings. The van der Waals surface area contributed by atoms with Crippen LogP contribution in [0, 0.1) is 0 Å². The van der Waals surface area contributed by atoms with E-state index in [4.69, 9.17) is 11.6 Å². The zero-order valence-electron chi connectivity index (χ0n) is 8.27. The average molecular weight is 237 g/mol. The van der Waals surface area contributed by atoms with Gasteiger partial charge in [0.1, 0.15) is 6.33 Å². The lowest BCUT2D eigenvalue weighted by Crippen LogP contribution is -2.15. The van der Waals surface area contributed by atoms with Gasteiger partial charge in [-0.15, -0.1) is 0 Å². The zero-order chi connectivity index (χ0) is 11.4. The van der Waals surface area contributed by atoms with E-state index in [-0.39, 0.29) is 12.3 Å². The molecule has 2 rings (SSSR count). The first kappa shape index (κ1) is 10.6. The summed E-state index contributed by atoms with van der Waals surface area (Å²) in [5.41, 5.74) is 0.779. The normalized spacial score (nSPS) is 10.1. The maximum Gasteiger partial charge on any atom is 0.231 e. The molecule has 0 spiro atoms. The molecule has 0 atom stereocenters. The van der Waals surface area contributed by atoms with Gasteiger partial charge in [0.15, 0.2) is 0 Å². The van der Waals surface area contributed by atoms with E-state index in [0.29, 0.717) is 11.0 Å². The third-order valence-electron chi connectivity index (χ3n) is 1.98. The van der Waals surface area contributed by atoms with E-state index in [2.05, 4.69) is 20.5 Å². The number of H-pyrrole nitrogens is 1. The number of benzene rings is 1. The molecule has 0 aliphatic carbocycles. The van der Waals surface area contributed by atoms with Gasteiger partial charge in [-0.25, -0.2) is 5.10 Å². The molecule has 16 heavy (non-hydrogen) atoms. The standard InChI is InChI=1S/C10H9ClN4O/c11-8-4-2-1-3-7(8)5-9(16)14-10-12-6-13-15-10/h1-4,6H,5H2,(H2,12,13,14,15,16). The number of carbonyl (C=O) groups is 1. The fourth-order valence-corrected chi connectivity index (χ4v) is 1.46. The second-order valence-corrected chi connectivity index (χ2v) is 3.56. The van der Waals surface area contributed by atoms with Gasteiger partial charge < -0.3 is 0 Å². The van der Waals surface area contributed by atoms with E-state index in [0.717, 1.165) is 5.56 Å². The number of halogens is 1. The maximum atomic E-state index is 11.6. The number of hydrogen-bond acceptors (Lipinski definition) is 3. The Morgan fingerprint density at radius 2 is 2.25 bits per heavy atom. The maximum absolute atomic E-state index is 11.6. The minimum atomic E-state index is -0.190. The SMILES string of the molecule is O=C(Cc1ccccc1Cl)Nc1ncn[nH]1. The average Bonchev–Trinajstić information content (AvgIpc) is 2.74. The van der Waals surface area contributed by atoms with Gasteiger partial charge in [-0.05, 0) is 11.6 Å². The number of amides is 1. The van der Waals surface area contributed by atoms with Crippen LogP contribution in [0.2, 0.25) is 5.02 Å². The molecule has 2 N–H and O–H groups in total. The number of carbonyl (C=O) groups excluding carboxylic acids is 1. The predicted molar refractivity (Wildman–Crippen MR) is 60.2 cm³/mol. The lowest BCUT2D eigenvalue weighted by molar-refractivity contribution is -0.115. The first-order valence-electron chi connectivity index (χ1n) is 4.64. The molecule has 1 amide bonds. The molecule has 1 aromatic carbocycles. The molecule has 0 bridgehead atoms. The van der Waals surface area contributed by atoms with Crippen molar-refractivity contribution in [3.63, 3.8) is 0 Å². The number of nitrogens with one attached hydrogen (secondary N) is 2. The summed E-state index contributed by atoms with van der Waals surface area (Å²) in [5, 5.41) is 9.32. The van der Waals surface area contributed by atoms with Crippen molar-refractivity contribution in [2.24, 2.45) is 0 Å². The molecule has 0 aliphatic heterocycles. The molecular formula is C10H9ClN4O. The number of hydrogen-bond donors (Lipinski definition) is 2. The van der Waals surface area contributed by atoms with Crippen molar-refractivity contribution in [1.82, 2.24) is 15.2 Å². The van der Waals surface area contributed by atoms with Crippen LogP contribution in [0.15, 0.2) is 30.6 Å². The minimum absolute atomic E-state index is 0.190. The Hall–Kier alpha value is -1.88. The lowest BCUT2D eigenvalue weighted by Gasteiger charge is -2.03. The molecule has 0 radical (unpaired) electrons. The third-order valence-corrected chi connectivity index (χ3v) is 2.35. The molecule has 2 aromatic rings. The highest BCUT2D eigenvalue weighted by molar-refractivity contribution is 6.31. The summed E-state index contributed by atoms with van der Waals surface area (Å²) in [4.78, 5) is 15.4. The molecule has 5 nitrogen and oxygen atoms in total. The van der Waals surface area contributed by atoms with Gasteiger partial charge in [0, 0.05) is 5.02 Å². The summed E-state index contributed by atoms with van der Waals surface area (Å²) in [6.45, 7) is 0. The fraction of sp³-hybridized carbons (Fsp3) is 0.100. The van der Waals surface area contributed by atoms with Gasteiger partial charge in [-0.2, -0.15) is 10.1 Å². The Bertz CT molecular complexity index is 483. The van der Waals surface area contributed by atoms with Crippen LogP contribution < -0.4 is 5.32 Å². The van der Waals surface area contributed by atoms with Gasteiger partial charge in [-0.3, -0.25) is 10.1 Å². The number of nitrogens with zero attached hydrogens (tertiary/aromatic N) is 2. The molecule has 0 unspecified atom stereocenters. The van der Waals surface area contributed by atoms with E-state index in [1.54, 1.807) is 6.07 Å². The summed E-state index contributed by atoms with van der Waals surface area (Å²) in [6.07, 6.45) is 1.53. The second-order valence-electron chi connectivity index (χ2n) is 3.15. The summed E-state index contributed by atoms with van der Waals surface area (Å²) < 4.78 is 0. The van der Waals surface area contributed by atoms with Gasteiger partial charge >= 0.3 is 0 Å². The first-order chi connectivity index (χ1) is 7.75. The first-order valence-corrected chi connectivity index (χ1v) is 5.02. The quantitative estimate of drug-likeness (QED) is 0.851. The van der Waals surface area contributed by atoms with Crippen LogP contribution in [0.3, 0.4) is 0 Å². The lowest BCUT2D eigenvalue weighted by atomic mass is 10.1. The summed E-state index contributed by atoms with van der Waals surface area (Å²) >= 11 is 5.93. The zero-order valence-corrected chi connectivity index (χ0v) is 9.03. The van der Waals surface area contributed by atoms with Crippen LogP contribution in [0.4, 0.5) is 5.95 Å². The topological polar surface area (TPSA) is 70.7 Å². The molecule has 6 heteroatoms. The van der Waals surface area contributed by atoms with Crippen molar-refractivity contribution >= 4 is 23.5 Å². The number of aromatic nitrogens is 3. The van der Waals surface area contributed by atoms with E-state index < -0.39 is 0 Å². The Kier molecular flexibility index (Phi) is 3.16. The van der Waals surface area contributed by atoms with Crippen LogP contribution in [-0.2, 0) is 11.2 Å². The predicted octanol–water partition coefficient (Wildman–Crippen LogP) is 1.64. The Balaban J connectivity index is 2.00. The monoisotopic (exact) mass is 236 g/mol. The number of anilines is 1. The summed E-state index contributed by atoms with van der Waals surface area (Å²) in [7, 11) is 0. The highest BCUT2D eigenvalue weighted by atomic mass is 35.5. The summed E-state index contributed by atoms with van der Waals surface area (Å²) in [6, 6.07) is 7.21. The van der Waals surface area contributed by atoms with Crippen LogP contribution in [-0.4, -0.2) is 21.1 Å². The van der Waals surface area contributed by atoms with E-state index in [1.807, 2.05) is 18.2 Å². The number of rotatable bonds is 3. The second kappa shape index (κ2) is 4.76. The molecule has 82 valence electrons. The molecule has 0 saturated carbocycles. The van der Waals surface area contributed by atoms with E-state index in [9.17, 15) is 4.79 Å². The van der Waals surface area contributed by atoms with E-state index >= 15 is 0 Å². The van der Waals surface area contributed by atoms with Crippen molar-refractivity contribution in [3.8, 4) is 0 Å². The minimum Gasteiger partial charge on any atom is -0.295 e. The summed E-state index contributed by atoms with van der Waals surface area (Å²) in [5.74, 6) is 0.141. The Labute approximate surface area is 96.8 Å². The van der Waals surface area contributed by atoms with E-state index in [1.165, 1.54) is 6.33 Å². The van der Waals surface area contributed by atoms with Gasteiger partial charge in [0.2, 0.25) is 11.9 Å². The molecule has 0 fully saturated rings. The van der Waals surface area contributed by atoms with Crippen molar-refractivity contribution in [1.29, 1.82) is 0 Å². The molecule has 1 heterocycles. The fourth-order valence-electron chi connectivity index (χ4n) is 1.26. The highest BCUT2D eigenvalue weighted by Crippen LogP contribution is 2.15. The van der Waals surface area contributed by atoms with Gasteiger partial charge in [-0.1, -0.05) is 29.8 Å². The Morgan fingerprint density at radius 1 is 1.44 bits per heavy atom. The van der Waals surface area contributed by atoms with Gasteiger partial charge in [0.25, 0.3) is 0 Å². The van der Waals surface area contributed by atoms with Crippen molar-refractivity contribution < 1.29 is 4.79 Å².